The SMILES string of the molecule is CC#CCNCc1ccc(OC(C)C)c(OC)c1. The highest BCUT2D eigenvalue weighted by atomic mass is 16.5. The fourth-order valence-corrected chi connectivity index (χ4v) is 1.53. The van der Waals surface area contributed by atoms with E-state index in [4.69, 9.17) is 9.47 Å². The minimum Gasteiger partial charge on any atom is -0.493 e. The standard InChI is InChI=1S/C15H21NO2/c1-5-6-9-16-11-13-7-8-14(18-12(2)3)15(10-13)17-4/h7-8,10,12,16H,9,11H2,1-4H3. The van der Waals surface area contributed by atoms with Crippen LogP contribution in [0.4, 0.5) is 0 Å². The summed E-state index contributed by atoms with van der Waals surface area (Å²) in [7, 11) is 1.66. The van der Waals surface area contributed by atoms with Crippen molar-refractivity contribution in [2.45, 2.75) is 33.4 Å². The number of methoxy groups -OCH3 is 1. The fraction of sp³-hybridized carbons (Fsp3) is 0.467. The monoisotopic (exact) mass is 247 g/mol. The van der Waals surface area contributed by atoms with Gasteiger partial charge in [0.1, 0.15) is 0 Å². The largest absolute Gasteiger partial charge is 0.493 e. The van der Waals surface area contributed by atoms with E-state index < -0.39 is 0 Å². The van der Waals surface area contributed by atoms with Crippen LogP contribution in [0.5, 0.6) is 11.5 Å². The van der Waals surface area contributed by atoms with Gasteiger partial charge < -0.3 is 14.8 Å². The summed E-state index contributed by atoms with van der Waals surface area (Å²) < 4.78 is 11.0. The van der Waals surface area contributed by atoms with Crippen LogP contribution in [0, 0.1) is 11.8 Å². The fourth-order valence-electron chi connectivity index (χ4n) is 1.53. The first-order valence-electron chi connectivity index (χ1n) is 6.11. The molecule has 0 unspecified atom stereocenters. The Morgan fingerprint density at radius 3 is 2.67 bits per heavy atom. The maximum Gasteiger partial charge on any atom is 0.161 e. The smallest absolute Gasteiger partial charge is 0.161 e. The number of hydrogen-bond acceptors (Lipinski definition) is 3. The van der Waals surface area contributed by atoms with Gasteiger partial charge in [-0.2, -0.15) is 0 Å². The predicted molar refractivity (Wildman–Crippen MR) is 73.9 cm³/mol. The molecule has 0 saturated carbocycles. The molecule has 1 aromatic carbocycles. The van der Waals surface area contributed by atoms with E-state index in [0.717, 1.165) is 23.6 Å². The van der Waals surface area contributed by atoms with Gasteiger partial charge in [-0.05, 0) is 38.5 Å². The molecule has 0 aliphatic carbocycles. The molecule has 0 aromatic heterocycles. The van der Waals surface area contributed by atoms with Gasteiger partial charge in [0.15, 0.2) is 11.5 Å². The molecule has 0 aliphatic rings. The first-order valence-corrected chi connectivity index (χ1v) is 6.11. The lowest BCUT2D eigenvalue weighted by Gasteiger charge is -2.14. The Hall–Kier alpha value is -1.66. The lowest BCUT2D eigenvalue weighted by Crippen LogP contribution is -2.13. The van der Waals surface area contributed by atoms with Gasteiger partial charge >= 0.3 is 0 Å². The highest BCUT2D eigenvalue weighted by Crippen LogP contribution is 2.28. The zero-order chi connectivity index (χ0) is 13.4. The summed E-state index contributed by atoms with van der Waals surface area (Å²) in [6.07, 6.45) is 0.141. The molecule has 0 heterocycles. The molecule has 0 amide bonds. The second-order valence-electron chi connectivity index (χ2n) is 4.18. The van der Waals surface area contributed by atoms with Crippen molar-refractivity contribution in [3.63, 3.8) is 0 Å². The van der Waals surface area contributed by atoms with Crippen LogP contribution in [-0.4, -0.2) is 19.8 Å². The van der Waals surface area contributed by atoms with Gasteiger partial charge in [0.25, 0.3) is 0 Å². The van der Waals surface area contributed by atoms with Crippen molar-refractivity contribution in [1.29, 1.82) is 0 Å². The average Bonchev–Trinajstić information content (AvgIpc) is 2.35. The van der Waals surface area contributed by atoms with Crippen LogP contribution in [0.2, 0.25) is 0 Å². The van der Waals surface area contributed by atoms with Crippen LogP contribution in [-0.2, 0) is 6.54 Å². The van der Waals surface area contributed by atoms with Gasteiger partial charge in [-0.15, -0.1) is 5.92 Å². The Balaban J connectivity index is 2.68. The summed E-state index contributed by atoms with van der Waals surface area (Å²) in [5.41, 5.74) is 1.15. The van der Waals surface area contributed by atoms with Crippen LogP contribution >= 0.6 is 0 Å². The molecule has 0 spiro atoms. The molecule has 0 radical (unpaired) electrons. The van der Waals surface area contributed by atoms with E-state index >= 15 is 0 Å². The third kappa shape index (κ3) is 4.68. The highest BCUT2D eigenvalue weighted by molar-refractivity contribution is 5.43. The zero-order valence-corrected chi connectivity index (χ0v) is 11.5. The first kappa shape index (κ1) is 14.4. The van der Waals surface area contributed by atoms with Crippen LogP contribution in [0.3, 0.4) is 0 Å². The van der Waals surface area contributed by atoms with Crippen molar-refractivity contribution in [1.82, 2.24) is 5.32 Å². The van der Waals surface area contributed by atoms with E-state index in [1.807, 2.05) is 39.0 Å². The quantitative estimate of drug-likeness (QED) is 0.619. The number of benzene rings is 1. The van der Waals surface area contributed by atoms with Crippen molar-refractivity contribution in [2.75, 3.05) is 13.7 Å². The third-order valence-electron chi connectivity index (χ3n) is 2.31. The molecular weight excluding hydrogens is 226 g/mol. The van der Waals surface area contributed by atoms with Gasteiger partial charge in [0, 0.05) is 6.54 Å². The molecule has 1 rings (SSSR count). The second kappa shape index (κ2) is 7.62. The van der Waals surface area contributed by atoms with Crippen molar-refractivity contribution < 1.29 is 9.47 Å². The van der Waals surface area contributed by atoms with Crippen molar-refractivity contribution >= 4 is 0 Å². The summed E-state index contributed by atoms with van der Waals surface area (Å²) in [4.78, 5) is 0. The normalized spacial score (nSPS) is 9.83. The number of ether oxygens (including phenoxy) is 2. The summed E-state index contributed by atoms with van der Waals surface area (Å²) in [6.45, 7) is 7.30. The maximum atomic E-state index is 5.67. The molecular formula is C15H21NO2. The van der Waals surface area contributed by atoms with Crippen molar-refractivity contribution in [2.24, 2.45) is 0 Å². The minimum absolute atomic E-state index is 0.141. The lowest BCUT2D eigenvalue weighted by molar-refractivity contribution is 0.230. The number of hydrogen-bond donors (Lipinski definition) is 1. The Labute approximate surface area is 109 Å². The molecule has 98 valence electrons. The molecule has 1 aromatic rings. The molecule has 0 atom stereocenters. The second-order valence-corrected chi connectivity index (χ2v) is 4.18. The predicted octanol–water partition coefficient (Wildman–Crippen LogP) is 2.60. The summed E-state index contributed by atoms with van der Waals surface area (Å²) in [5.74, 6) is 7.37. The molecule has 0 bridgehead atoms. The van der Waals surface area contributed by atoms with E-state index in [1.54, 1.807) is 7.11 Å². The molecule has 0 aliphatic heterocycles. The van der Waals surface area contributed by atoms with Crippen LogP contribution in [0.1, 0.15) is 26.3 Å². The summed E-state index contributed by atoms with van der Waals surface area (Å²) >= 11 is 0. The summed E-state index contributed by atoms with van der Waals surface area (Å²) in [6, 6.07) is 5.97. The Morgan fingerprint density at radius 2 is 2.06 bits per heavy atom. The van der Waals surface area contributed by atoms with E-state index in [1.165, 1.54) is 0 Å². The maximum absolute atomic E-state index is 5.67. The Morgan fingerprint density at radius 1 is 1.28 bits per heavy atom. The molecule has 0 saturated heterocycles. The number of rotatable bonds is 6. The molecule has 1 N–H and O–H groups in total. The van der Waals surface area contributed by atoms with E-state index in [2.05, 4.69) is 17.2 Å². The number of nitrogens with one attached hydrogen (secondary N) is 1. The van der Waals surface area contributed by atoms with E-state index in [9.17, 15) is 0 Å². The topological polar surface area (TPSA) is 30.5 Å². The van der Waals surface area contributed by atoms with Gasteiger partial charge in [-0.1, -0.05) is 12.0 Å². The van der Waals surface area contributed by atoms with Gasteiger partial charge in [-0.25, -0.2) is 0 Å². The molecule has 3 heteroatoms. The van der Waals surface area contributed by atoms with Crippen LogP contribution in [0.25, 0.3) is 0 Å². The minimum atomic E-state index is 0.141. The van der Waals surface area contributed by atoms with E-state index in [-0.39, 0.29) is 6.10 Å². The van der Waals surface area contributed by atoms with Crippen molar-refractivity contribution in [3.8, 4) is 23.3 Å². The van der Waals surface area contributed by atoms with Gasteiger partial charge in [-0.3, -0.25) is 0 Å². The Kier molecular flexibility index (Phi) is 6.10. The van der Waals surface area contributed by atoms with Gasteiger partial charge in [0.2, 0.25) is 0 Å². The van der Waals surface area contributed by atoms with E-state index in [0.29, 0.717) is 6.54 Å². The molecule has 0 fully saturated rings. The third-order valence-corrected chi connectivity index (χ3v) is 2.31. The Bertz CT molecular complexity index is 430. The van der Waals surface area contributed by atoms with Crippen molar-refractivity contribution in [3.05, 3.63) is 23.8 Å². The highest BCUT2D eigenvalue weighted by Gasteiger charge is 2.07. The molecule has 3 nitrogen and oxygen atoms in total. The van der Waals surface area contributed by atoms with Crippen LogP contribution in [0.15, 0.2) is 18.2 Å². The summed E-state index contributed by atoms with van der Waals surface area (Å²) in [5, 5.41) is 3.24. The van der Waals surface area contributed by atoms with Crippen LogP contribution < -0.4 is 14.8 Å². The molecule has 18 heavy (non-hydrogen) atoms. The average molecular weight is 247 g/mol. The zero-order valence-electron chi connectivity index (χ0n) is 11.5. The van der Waals surface area contributed by atoms with Gasteiger partial charge in [0.05, 0.1) is 19.8 Å². The lowest BCUT2D eigenvalue weighted by atomic mass is 10.2. The first-order chi connectivity index (χ1) is 8.67.